The second-order valence-corrected chi connectivity index (χ2v) is 4.46. The van der Waals surface area contributed by atoms with Gasteiger partial charge in [-0.2, -0.15) is 13.2 Å². The van der Waals surface area contributed by atoms with Crippen molar-refractivity contribution in [2.75, 3.05) is 0 Å². The fraction of sp³-hybridized carbons (Fsp3) is 0.125. The lowest BCUT2D eigenvalue weighted by Crippen LogP contribution is -2.04. The van der Waals surface area contributed by atoms with Gasteiger partial charge in [-0.25, -0.2) is 0 Å². The molecule has 1 aromatic heterocycles. The van der Waals surface area contributed by atoms with Crippen LogP contribution in [0.5, 0.6) is 0 Å². The van der Waals surface area contributed by atoms with E-state index < -0.39 is 11.7 Å². The van der Waals surface area contributed by atoms with Crippen molar-refractivity contribution in [2.45, 2.75) is 12.6 Å². The molecule has 0 atom stereocenters. The van der Waals surface area contributed by atoms with Gasteiger partial charge in [-0.15, -0.1) is 0 Å². The molecule has 0 N–H and O–H groups in total. The monoisotopic (exact) mass is 291 g/mol. The number of benzene rings is 1. The van der Waals surface area contributed by atoms with Gasteiger partial charge < -0.3 is 0 Å². The highest BCUT2D eigenvalue weighted by atomic mass is 19.4. The minimum Gasteiger partial charge on any atom is -0.294 e. The Morgan fingerprint density at radius 1 is 1.14 bits per heavy atom. The van der Waals surface area contributed by atoms with Gasteiger partial charge in [-0.05, 0) is 35.4 Å². The summed E-state index contributed by atoms with van der Waals surface area (Å²) in [5.41, 5.74) is 0.628. The molecule has 1 aromatic carbocycles. The van der Waals surface area contributed by atoms with Gasteiger partial charge in [0.1, 0.15) is 0 Å². The Kier molecular flexibility index (Phi) is 4.52. The van der Waals surface area contributed by atoms with Crippen molar-refractivity contribution in [1.82, 2.24) is 4.98 Å². The molecular weight excluding hydrogens is 279 g/mol. The third-order valence-electron chi connectivity index (χ3n) is 2.80. The molecule has 2 nitrogen and oxygen atoms in total. The van der Waals surface area contributed by atoms with Crippen LogP contribution in [-0.2, 0) is 17.4 Å². The van der Waals surface area contributed by atoms with Crippen molar-refractivity contribution in [3.63, 3.8) is 0 Å². The Morgan fingerprint density at radius 2 is 1.86 bits per heavy atom. The predicted molar refractivity (Wildman–Crippen MR) is 73.4 cm³/mol. The van der Waals surface area contributed by atoms with Gasteiger partial charge in [-0.3, -0.25) is 9.78 Å². The summed E-state index contributed by atoms with van der Waals surface area (Å²) >= 11 is 0. The first-order chi connectivity index (χ1) is 9.95. The molecule has 1 heterocycles. The van der Waals surface area contributed by atoms with Crippen LogP contribution >= 0.6 is 0 Å². The van der Waals surface area contributed by atoms with Gasteiger partial charge in [0.05, 0.1) is 5.56 Å². The smallest absolute Gasteiger partial charge is 0.294 e. The number of allylic oxidation sites excluding steroid dienone is 1. The summed E-state index contributed by atoms with van der Waals surface area (Å²) in [5.74, 6) is -0.136. The van der Waals surface area contributed by atoms with E-state index in [1.165, 1.54) is 24.3 Å². The third kappa shape index (κ3) is 4.56. The molecule has 5 heteroatoms. The van der Waals surface area contributed by atoms with E-state index in [4.69, 9.17) is 0 Å². The van der Waals surface area contributed by atoms with Crippen LogP contribution in [0.25, 0.3) is 6.08 Å². The highest BCUT2D eigenvalue weighted by Gasteiger charge is 2.29. The molecule has 0 amide bonds. The van der Waals surface area contributed by atoms with E-state index in [0.29, 0.717) is 5.56 Å². The van der Waals surface area contributed by atoms with Crippen LogP contribution in [0.15, 0.2) is 54.9 Å². The fourth-order valence-electron chi connectivity index (χ4n) is 1.74. The van der Waals surface area contributed by atoms with Gasteiger partial charge >= 0.3 is 6.18 Å². The molecule has 0 saturated carbocycles. The van der Waals surface area contributed by atoms with Crippen LogP contribution in [0, 0.1) is 0 Å². The number of rotatable bonds is 4. The van der Waals surface area contributed by atoms with Gasteiger partial charge in [0.2, 0.25) is 0 Å². The quantitative estimate of drug-likeness (QED) is 0.799. The number of halogens is 3. The number of aromatic nitrogens is 1. The normalized spacial score (nSPS) is 11.8. The summed E-state index contributed by atoms with van der Waals surface area (Å²) in [6.45, 7) is 0. The van der Waals surface area contributed by atoms with Crippen LogP contribution in [0.4, 0.5) is 13.2 Å². The lowest BCUT2D eigenvalue weighted by atomic mass is 10.1. The van der Waals surface area contributed by atoms with E-state index in [0.717, 1.165) is 17.7 Å². The number of hydrogen-bond donors (Lipinski definition) is 0. The van der Waals surface area contributed by atoms with E-state index in [9.17, 15) is 18.0 Å². The number of carbonyl (C=O) groups excluding carboxylic acids is 1. The summed E-state index contributed by atoms with van der Waals surface area (Å²) in [5, 5.41) is 0. The highest BCUT2D eigenvalue weighted by Crippen LogP contribution is 2.29. The van der Waals surface area contributed by atoms with Crippen LogP contribution in [0.1, 0.15) is 16.7 Å². The fourth-order valence-corrected chi connectivity index (χ4v) is 1.74. The van der Waals surface area contributed by atoms with Crippen molar-refractivity contribution in [3.8, 4) is 0 Å². The lowest BCUT2D eigenvalue weighted by molar-refractivity contribution is -0.137. The average Bonchev–Trinajstić information content (AvgIpc) is 2.46. The predicted octanol–water partition coefficient (Wildman–Crippen LogP) is 3.93. The zero-order valence-corrected chi connectivity index (χ0v) is 11.0. The molecule has 2 aromatic rings. The highest BCUT2D eigenvalue weighted by molar-refractivity contribution is 5.94. The first-order valence-electron chi connectivity index (χ1n) is 6.22. The number of hydrogen-bond acceptors (Lipinski definition) is 2. The molecule has 0 fully saturated rings. The molecular formula is C16H12F3NO. The third-order valence-corrected chi connectivity index (χ3v) is 2.80. The first kappa shape index (κ1) is 15.0. The minimum atomic E-state index is -4.35. The van der Waals surface area contributed by atoms with Crippen molar-refractivity contribution in [1.29, 1.82) is 0 Å². The molecule has 0 aliphatic heterocycles. The van der Waals surface area contributed by atoms with Gasteiger partial charge in [0.25, 0.3) is 0 Å². The summed E-state index contributed by atoms with van der Waals surface area (Å²) < 4.78 is 37.2. The van der Waals surface area contributed by atoms with Crippen molar-refractivity contribution in [3.05, 3.63) is 71.6 Å². The molecule has 0 bridgehead atoms. The maximum atomic E-state index is 12.4. The van der Waals surface area contributed by atoms with Gasteiger partial charge in [-0.1, -0.05) is 24.3 Å². The van der Waals surface area contributed by atoms with E-state index in [2.05, 4.69) is 4.98 Å². The van der Waals surface area contributed by atoms with Crippen molar-refractivity contribution >= 4 is 11.9 Å². The molecule has 0 unspecified atom stereocenters. The van der Waals surface area contributed by atoms with E-state index in [-0.39, 0.29) is 12.2 Å². The SMILES string of the molecule is O=C(C=Cc1ccc(C(F)(F)F)cc1)Cc1cccnc1. The van der Waals surface area contributed by atoms with Gasteiger partial charge in [0, 0.05) is 18.8 Å². The number of carbonyl (C=O) groups is 1. The van der Waals surface area contributed by atoms with E-state index >= 15 is 0 Å². The Hall–Kier alpha value is -2.43. The van der Waals surface area contributed by atoms with E-state index in [1.54, 1.807) is 24.5 Å². The Morgan fingerprint density at radius 3 is 2.43 bits per heavy atom. The summed E-state index contributed by atoms with van der Waals surface area (Å²) in [6, 6.07) is 8.17. The zero-order chi connectivity index (χ0) is 15.3. The number of nitrogens with zero attached hydrogens (tertiary/aromatic N) is 1. The lowest BCUT2D eigenvalue weighted by Gasteiger charge is -2.05. The molecule has 0 aliphatic rings. The molecule has 2 rings (SSSR count). The summed E-state index contributed by atoms with van der Waals surface area (Å²) in [7, 11) is 0. The maximum Gasteiger partial charge on any atom is 0.416 e. The summed E-state index contributed by atoms with van der Waals surface area (Å²) in [6.07, 6.45) is 1.94. The number of alkyl halides is 3. The maximum absolute atomic E-state index is 12.4. The molecule has 0 saturated heterocycles. The van der Waals surface area contributed by atoms with Crippen molar-refractivity contribution in [2.24, 2.45) is 0 Å². The second kappa shape index (κ2) is 6.35. The Bertz CT molecular complexity index is 631. The second-order valence-electron chi connectivity index (χ2n) is 4.46. The number of ketones is 1. The van der Waals surface area contributed by atoms with E-state index in [1.807, 2.05) is 0 Å². The van der Waals surface area contributed by atoms with Crippen LogP contribution in [0.2, 0.25) is 0 Å². The standard InChI is InChI=1S/C16H12F3NO/c17-16(18,19)14-6-3-12(4-7-14)5-8-15(21)10-13-2-1-9-20-11-13/h1-9,11H,10H2. The Labute approximate surface area is 120 Å². The molecule has 21 heavy (non-hydrogen) atoms. The minimum absolute atomic E-state index is 0.136. The zero-order valence-electron chi connectivity index (χ0n) is 11.0. The average molecular weight is 291 g/mol. The molecule has 0 spiro atoms. The van der Waals surface area contributed by atoms with Crippen LogP contribution in [-0.4, -0.2) is 10.8 Å². The molecule has 0 radical (unpaired) electrons. The Balaban J connectivity index is 1.99. The molecule has 0 aliphatic carbocycles. The van der Waals surface area contributed by atoms with Crippen molar-refractivity contribution < 1.29 is 18.0 Å². The van der Waals surface area contributed by atoms with Crippen LogP contribution in [0.3, 0.4) is 0 Å². The van der Waals surface area contributed by atoms with Crippen LogP contribution < -0.4 is 0 Å². The topological polar surface area (TPSA) is 30.0 Å². The largest absolute Gasteiger partial charge is 0.416 e. The summed E-state index contributed by atoms with van der Waals surface area (Å²) in [4.78, 5) is 15.6. The molecule has 108 valence electrons. The first-order valence-corrected chi connectivity index (χ1v) is 6.22. The van der Waals surface area contributed by atoms with Gasteiger partial charge in [0.15, 0.2) is 5.78 Å². The number of pyridine rings is 1.